The molecule has 0 unspecified atom stereocenters. The van der Waals surface area contributed by atoms with Crippen LogP contribution >= 0.6 is 0 Å². The second-order valence-electron chi connectivity index (χ2n) is 9.10. The Labute approximate surface area is 173 Å². The summed E-state index contributed by atoms with van der Waals surface area (Å²) >= 11 is 0. The molecule has 1 saturated carbocycles. The first-order chi connectivity index (χ1) is 13.5. The number of ether oxygens (including phenoxy) is 1. The van der Waals surface area contributed by atoms with Crippen molar-refractivity contribution in [2.45, 2.75) is 72.3 Å². The van der Waals surface area contributed by atoms with Crippen LogP contribution in [0.4, 0.5) is 4.79 Å². The van der Waals surface area contributed by atoms with Crippen molar-refractivity contribution in [2.24, 2.45) is 5.92 Å². The number of aromatic nitrogens is 1. The number of nitrogens with one attached hydrogen (secondary N) is 2. The van der Waals surface area contributed by atoms with Crippen molar-refractivity contribution < 1.29 is 19.1 Å². The summed E-state index contributed by atoms with van der Waals surface area (Å²) in [6, 6.07) is -0.226. The molecule has 0 radical (unpaired) electrons. The second-order valence-corrected chi connectivity index (χ2v) is 9.10. The molecule has 7 nitrogen and oxygen atoms in total. The predicted molar refractivity (Wildman–Crippen MR) is 112 cm³/mol. The number of Topliss-reactive ketones (excluding diaryl/α,β-unsaturated/α-hetero) is 1. The maximum Gasteiger partial charge on any atom is 0.354 e. The summed E-state index contributed by atoms with van der Waals surface area (Å²) in [6.07, 6.45) is 5.75. The van der Waals surface area contributed by atoms with Crippen LogP contribution in [0.3, 0.4) is 0 Å². The fourth-order valence-electron chi connectivity index (χ4n) is 4.03. The number of esters is 1. The average Bonchev–Trinajstić information content (AvgIpc) is 2.94. The molecule has 29 heavy (non-hydrogen) atoms. The molecule has 0 saturated heterocycles. The van der Waals surface area contributed by atoms with E-state index in [0.717, 1.165) is 12.8 Å². The van der Waals surface area contributed by atoms with E-state index >= 15 is 0 Å². The van der Waals surface area contributed by atoms with Gasteiger partial charge in [-0.15, -0.1) is 0 Å². The van der Waals surface area contributed by atoms with Gasteiger partial charge in [0.25, 0.3) is 0 Å². The maximum absolute atomic E-state index is 13.1. The van der Waals surface area contributed by atoms with Gasteiger partial charge in [-0.2, -0.15) is 0 Å². The molecule has 0 spiro atoms. The molecule has 7 heteroatoms. The van der Waals surface area contributed by atoms with E-state index in [2.05, 4.69) is 10.3 Å². The number of hydrogen-bond acceptors (Lipinski definition) is 4. The standard InChI is InChI=1S/C22H35N3O4/c1-14-18(15(2)23-19(14)20(27)29-6)17(26)13-25(21(28)24-22(3,4)5)12-16-10-8-7-9-11-16/h16,23H,7-13H2,1-6H3,(H,24,28). The van der Waals surface area contributed by atoms with Crippen LogP contribution < -0.4 is 5.32 Å². The number of nitrogens with zero attached hydrogens (tertiary/aromatic N) is 1. The minimum Gasteiger partial charge on any atom is -0.464 e. The van der Waals surface area contributed by atoms with E-state index in [4.69, 9.17) is 4.74 Å². The predicted octanol–water partition coefficient (Wildman–Crippen LogP) is 3.99. The second kappa shape index (κ2) is 9.46. The first-order valence-electron chi connectivity index (χ1n) is 10.4. The number of methoxy groups -OCH3 is 1. The topological polar surface area (TPSA) is 91.5 Å². The first-order valence-corrected chi connectivity index (χ1v) is 10.4. The lowest BCUT2D eigenvalue weighted by atomic mass is 9.89. The Balaban J connectivity index is 2.23. The molecule has 1 fully saturated rings. The molecule has 0 bridgehead atoms. The van der Waals surface area contributed by atoms with Crippen LogP contribution in [-0.2, 0) is 4.74 Å². The molecule has 162 valence electrons. The van der Waals surface area contributed by atoms with E-state index in [0.29, 0.717) is 29.3 Å². The molecule has 2 N–H and O–H groups in total. The van der Waals surface area contributed by atoms with E-state index in [9.17, 15) is 14.4 Å². The summed E-state index contributed by atoms with van der Waals surface area (Å²) in [5, 5.41) is 2.98. The largest absolute Gasteiger partial charge is 0.464 e. The van der Waals surface area contributed by atoms with Gasteiger partial charge in [-0.05, 0) is 58.9 Å². The highest BCUT2D eigenvalue weighted by molar-refractivity contribution is 6.04. The summed E-state index contributed by atoms with van der Waals surface area (Å²) < 4.78 is 4.78. The van der Waals surface area contributed by atoms with Gasteiger partial charge in [0.1, 0.15) is 5.69 Å². The lowest BCUT2D eigenvalue weighted by molar-refractivity contribution is 0.0593. The van der Waals surface area contributed by atoms with Crippen LogP contribution in [0.5, 0.6) is 0 Å². The summed E-state index contributed by atoms with van der Waals surface area (Å²) in [5.74, 6) is -0.262. The Hall–Kier alpha value is -2.31. The van der Waals surface area contributed by atoms with Gasteiger partial charge in [0.15, 0.2) is 5.78 Å². The molecule has 2 rings (SSSR count). The van der Waals surface area contributed by atoms with Gasteiger partial charge < -0.3 is 19.9 Å². The van der Waals surface area contributed by atoms with Gasteiger partial charge in [-0.3, -0.25) is 4.79 Å². The highest BCUT2D eigenvalue weighted by Gasteiger charge is 2.28. The number of aromatic amines is 1. The Morgan fingerprint density at radius 2 is 1.76 bits per heavy atom. The van der Waals surface area contributed by atoms with Crippen LogP contribution in [0, 0.1) is 19.8 Å². The van der Waals surface area contributed by atoms with Gasteiger partial charge in [0.05, 0.1) is 13.7 Å². The Bertz CT molecular complexity index is 755. The van der Waals surface area contributed by atoms with E-state index in [-0.39, 0.29) is 29.6 Å². The molecular weight excluding hydrogens is 370 g/mol. The summed E-state index contributed by atoms with van der Waals surface area (Å²) in [4.78, 5) is 42.6. The van der Waals surface area contributed by atoms with Crippen molar-refractivity contribution in [3.63, 3.8) is 0 Å². The van der Waals surface area contributed by atoms with Crippen LogP contribution in [0.2, 0.25) is 0 Å². The van der Waals surface area contributed by atoms with Crippen molar-refractivity contribution in [3.05, 3.63) is 22.5 Å². The van der Waals surface area contributed by atoms with Crippen molar-refractivity contribution in [1.29, 1.82) is 0 Å². The number of carbonyl (C=O) groups is 3. The van der Waals surface area contributed by atoms with Crippen LogP contribution in [0.15, 0.2) is 0 Å². The molecule has 1 heterocycles. The first kappa shape index (κ1) is 23.0. The van der Waals surface area contributed by atoms with E-state index in [1.807, 2.05) is 20.8 Å². The summed E-state index contributed by atoms with van der Waals surface area (Å²) in [6.45, 7) is 9.81. The van der Waals surface area contributed by atoms with Crippen molar-refractivity contribution in [1.82, 2.24) is 15.2 Å². The highest BCUT2D eigenvalue weighted by atomic mass is 16.5. The summed E-state index contributed by atoms with van der Waals surface area (Å²) in [7, 11) is 1.31. The monoisotopic (exact) mass is 405 g/mol. The number of amides is 2. The Kier molecular flexibility index (Phi) is 7.49. The molecule has 1 aliphatic carbocycles. The molecule has 0 atom stereocenters. The third-order valence-electron chi connectivity index (χ3n) is 5.41. The zero-order chi connectivity index (χ0) is 21.8. The van der Waals surface area contributed by atoms with Gasteiger partial charge in [-0.25, -0.2) is 9.59 Å². The van der Waals surface area contributed by atoms with E-state index in [1.54, 1.807) is 18.7 Å². The van der Waals surface area contributed by atoms with Crippen molar-refractivity contribution in [2.75, 3.05) is 20.2 Å². The SMILES string of the molecule is COC(=O)c1[nH]c(C)c(C(=O)CN(CC2CCCCC2)C(=O)NC(C)(C)C)c1C. The number of urea groups is 1. The van der Waals surface area contributed by atoms with Gasteiger partial charge in [-0.1, -0.05) is 19.3 Å². The Morgan fingerprint density at radius 3 is 2.31 bits per heavy atom. The smallest absolute Gasteiger partial charge is 0.354 e. The number of ketones is 1. The number of hydrogen-bond donors (Lipinski definition) is 2. The quantitative estimate of drug-likeness (QED) is 0.553. The molecule has 1 aromatic heterocycles. The zero-order valence-corrected chi connectivity index (χ0v) is 18.6. The van der Waals surface area contributed by atoms with Crippen LogP contribution in [0.25, 0.3) is 0 Å². The molecule has 1 aromatic rings. The van der Waals surface area contributed by atoms with Gasteiger partial charge in [0, 0.05) is 23.3 Å². The normalized spacial score (nSPS) is 15.1. The molecule has 2 amide bonds. The molecular formula is C22H35N3O4. The molecule has 0 aliphatic heterocycles. The minimum atomic E-state index is -0.505. The fraction of sp³-hybridized carbons (Fsp3) is 0.682. The maximum atomic E-state index is 13.1. The van der Waals surface area contributed by atoms with Gasteiger partial charge >= 0.3 is 12.0 Å². The number of H-pyrrole nitrogens is 1. The third-order valence-corrected chi connectivity index (χ3v) is 5.41. The van der Waals surface area contributed by atoms with E-state index in [1.165, 1.54) is 26.4 Å². The lowest BCUT2D eigenvalue weighted by Gasteiger charge is -2.32. The Morgan fingerprint density at radius 1 is 1.14 bits per heavy atom. The van der Waals surface area contributed by atoms with Gasteiger partial charge in [0.2, 0.25) is 0 Å². The van der Waals surface area contributed by atoms with E-state index < -0.39 is 5.97 Å². The molecule has 0 aromatic carbocycles. The lowest BCUT2D eigenvalue weighted by Crippen LogP contribution is -2.51. The molecule has 1 aliphatic rings. The third kappa shape index (κ3) is 6.08. The minimum absolute atomic E-state index is 0.0153. The zero-order valence-electron chi connectivity index (χ0n) is 18.6. The fourth-order valence-corrected chi connectivity index (χ4v) is 4.03. The van der Waals surface area contributed by atoms with Crippen LogP contribution in [-0.4, -0.2) is 53.4 Å². The summed E-state index contributed by atoms with van der Waals surface area (Å²) in [5.41, 5.74) is 1.53. The van der Waals surface area contributed by atoms with Crippen molar-refractivity contribution >= 4 is 17.8 Å². The highest BCUT2D eigenvalue weighted by Crippen LogP contribution is 2.25. The van der Waals surface area contributed by atoms with Crippen LogP contribution in [0.1, 0.15) is 85.0 Å². The number of carbonyl (C=O) groups excluding carboxylic acids is 3. The average molecular weight is 406 g/mol. The van der Waals surface area contributed by atoms with Crippen molar-refractivity contribution in [3.8, 4) is 0 Å². The number of aryl methyl sites for hydroxylation is 1. The number of rotatable bonds is 6.